The molecule has 3 heteroatoms. The van der Waals surface area contributed by atoms with Crippen LogP contribution in [0.15, 0.2) is 18.2 Å². The van der Waals surface area contributed by atoms with Gasteiger partial charge in [0.05, 0.1) is 0 Å². The number of hydrogen-bond acceptors (Lipinski definition) is 0. The molecule has 1 aromatic rings. The highest BCUT2D eigenvalue weighted by molar-refractivity contribution is 14.1. The molecule has 1 aromatic carbocycles. The van der Waals surface area contributed by atoms with E-state index in [4.69, 9.17) is 0 Å². The number of rotatable bonds is 1. The molecular formula is C8H7F2I. The van der Waals surface area contributed by atoms with E-state index in [2.05, 4.69) is 0 Å². The van der Waals surface area contributed by atoms with Crippen LogP contribution in [0.25, 0.3) is 0 Å². The topological polar surface area (TPSA) is 0 Å². The molecule has 0 saturated heterocycles. The van der Waals surface area contributed by atoms with E-state index < -0.39 is 6.43 Å². The first-order chi connectivity index (χ1) is 5.13. The lowest BCUT2D eigenvalue weighted by Crippen LogP contribution is -1.90. The third-order valence-corrected chi connectivity index (χ3v) is 2.93. The summed E-state index contributed by atoms with van der Waals surface area (Å²) in [5.74, 6) is 0. The molecule has 0 amide bonds. The van der Waals surface area contributed by atoms with Crippen LogP contribution < -0.4 is 0 Å². The lowest BCUT2D eigenvalue weighted by molar-refractivity contribution is 0.150. The largest absolute Gasteiger partial charge is 0.264 e. The van der Waals surface area contributed by atoms with Gasteiger partial charge in [-0.25, -0.2) is 8.78 Å². The quantitative estimate of drug-likeness (QED) is 0.683. The van der Waals surface area contributed by atoms with Crippen molar-refractivity contribution in [3.05, 3.63) is 32.9 Å². The Morgan fingerprint density at radius 3 is 2.45 bits per heavy atom. The first kappa shape index (κ1) is 8.90. The molecule has 0 unspecified atom stereocenters. The van der Waals surface area contributed by atoms with Crippen molar-refractivity contribution in [2.75, 3.05) is 0 Å². The molecule has 0 aliphatic heterocycles. The predicted octanol–water partition coefficient (Wildman–Crippen LogP) is 3.54. The maximum Gasteiger partial charge on any atom is 0.264 e. The van der Waals surface area contributed by atoms with E-state index in [-0.39, 0.29) is 5.56 Å². The Hall–Kier alpha value is -0.190. The minimum absolute atomic E-state index is 0.130. The van der Waals surface area contributed by atoms with Gasteiger partial charge in [0, 0.05) is 9.13 Å². The maximum absolute atomic E-state index is 12.2. The highest BCUT2D eigenvalue weighted by Crippen LogP contribution is 2.25. The molecule has 60 valence electrons. The number of alkyl halides is 2. The summed E-state index contributed by atoms with van der Waals surface area (Å²) < 4.78 is 25.1. The van der Waals surface area contributed by atoms with Crippen LogP contribution in [0.5, 0.6) is 0 Å². The lowest BCUT2D eigenvalue weighted by Gasteiger charge is -2.04. The van der Waals surface area contributed by atoms with Gasteiger partial charge in [-0.1, -0.05) is 18.2 Å². The van der Waals surface area contributed by atoms with Crippen LogP contribution in [0, 0.1) is 10.5 Å². The third-order valence-electron chi connectivity index (χ3n) is 1.46. The van der Waals surface area contributed by atoms with Crippen molar-refractivity contribution >= 4 is 22.6 Å². The van der Waals surface area contributed by atoms with Crippen molar-refractivity contribution in [3.63, 3.8) is 0 Å². The molecule has 0 nitrogen and oxygen atoms in total. The summed E-state index contributed by atoms with van der Waals surface area (Å²) in [4.78, 5) is 0. The van der Waals surface area contributed by atoms with Gasteiger partial charge in [-0.05, 0) is 35.1 Å². The van der Waals surface area contributed by atoms with Crippen LogP contribution >= 0.6 is 22.6 Å². The van der Waals surface area contributed by atoms with Crippen molar-refractivity contribution < 1.29 is 8.78 Å². The number of benzene rings is 1. The maximum atomic E-state index is 12.2. The van der Waals surface area contributed by atoms with Crippen LogP contribution in [-0.4, -0.2) is 0 Å². The molecule has 0 radical (unpaired) electrons. The smallest absolute Gasteiger partial charge is 0.205 e. The molecule has 0 fully saturated rings. The van der Waals surface area contributed by atoms with Gasteiger partial charge in [0.1, 0.15) is 0 Å². The van der Waals surface area contributed by atoms with E-state index in [0.29, 0.717) is 3.57 Å². The van der Waals surface area contributed by atoms with Crippen LogP contribution in [0.3, 0.4) is 0 Å². The Kier molecular flexibility index (Phi) is 2.81. The predicted molar refractivity (Wildman–Crippen MR) is 48.9 cm³/mol. The Bertz CT molecular complexity index is 258. The molecule has 11 heavy (non-hydrogen) atoms. The Morgan fingerprint density at radius 1 is 1.36 bits per heavy atom. The van der Waals surface area contributed by atoms with E-state index >= 15 is 0 Å². The summed E-state index contributed by atoms with van der Waals surface area (Å²) in [6.45, 7) is 1.83. The van der Waals surface area contributed by atoms with Gasteiger partial charge in [0.15, 0.2) is 0 Å². The first-order valence-corrected chi connectivity index (χ1v) is 4.24. The summed E-state index contributed by atoms with van der Waals surface area (Å²) in [5.41, 5.74) is 1.04. The standard InChI is InChI=1S/C8H7F2I/c1-5-3-2-4-6(7(5)11)8(9)10/h2-4,8H,1H3. The molecule has 0 aliphatic rings. The summed E-state index contributed by atoms with van der Waals surface area (Å²) in [5, 5.41) is 0. The van der Waals surface area contributed by atoms with Crippen LogP contribution in [0.1, 0.15) is 17.6 Å². The fraction of sp³-hybridized carbons (Fsp3) is 0.250. The summed E-state index contributed by atoms with van der Waals surface area (Å²) in [6.07, 6.45) is -2.36. The van der Waals surface area contributed by atoms with Gasteiger partial charge >= 0.3 is 0 Å². The molecule has 0 spiro atoms. The molecule has 0 heterocycles. The Morgan fingerprint density at radius 2 is 2.00 bits per heavy atom. The van der Waals surface area contributed by atoms with E-state index in [9.17, 15) is 8.78 Å². The molecule has 1 rings (SSSR count). The third kappa shape index (κ3) is 1.89. The molecule has 0 bridgehead atoms. The van der Waals surface area contributed by atoms with E-state index in [1.54, 1.807) is 6.07 Å². The normalized spacial score (nSPS) is 10.6. The van der Waals surface area contributed by atoms with Crippen molar-refractivity contribution in [3.8, 4) is 0 Å². The Balaban J connectivity index is 3.17. The number of halogens is 3. The molecule has 0 N–H and O–H groups in total. The van der Waals surface area contributed by atoms with Crippen molar-refractivity contribution in [1.29, 1.82) is 0 Å². The summed E-state index contributed by atoms with van der Waals surface area (Å²) in [6, 6.07) is 4.94. The van der Waals surface area contributed by atoms with Gasteiger partial charge in [0.25, 0.3) is 6.43 Å². The van der Waals surface area contributed by atoms with E-state index in [0.717, 1.165) is 5.56 Å². The fourth-order valence-electron chi connectivity index (χ4n) is 0.839. The van der Waals surface area contributed by atoms with E-state index in [1.807, 2.05) is 35.6 Å². The van der Waals surface area contributed by atoms with Crippen LogP contribution in [-0.2, 0) is 0 Å². The second-order valence-corrected chi connectivity index (χ2v) is 3.36. The zero-order chi connectivity index (χ0) is 8.43. The Labute approximate surface area is 77.8 Å². The molecule has 0 aliphatic carbocycles. The van der Waals surface area contributed by atoms with Gasteiger partial charge in [-0.15, -0.1) is 0 Å². The zero-order valence-corrected chi connectivity index (χ0v) is 8.10. The second kappa shape index (κ2) is 3.47. The van der Waals surface area contributed by atoms with E-state index in [1.165, 1.54) is 6.07 Å². The molecule has 0 aromatic heterocycles. The van der Waals surface area contributed by atoms with Crippen molar-refractivity contribution in [2.45, 2.75) is 13.3 Å². The average molecular weight is 268 g/mol. The molecular weight excluding hydrogens is 261 g/mol. The first-order valence-electron chi connectivity index (χ1n) is 3.16. The zero-order valence-electron chi connectivity index (χ0n) is 5.94. The fourth-order valence-corrected chi connectivity index (χ4v) is 1.43. The lowest BCUT2D eigenvalue weighted by atomic mass is 10.1. The van der Waals surface area contributed by atoms with Gasteiger partial charge < -0.3 is 0 Å². The van der Waals surface area contributed by atoms with Crippen molar-refractivity contribution in [2.24, 2.45) is 0 Å². The second-order valence-electron chi connectivity index (χ2n) is 2.28. The van der Waals surface area contributed by atoms with Gasteiger partial charge in [-0.2, -0.15) is 0 Å². The van der Waals surface area contributed by atoms with Gasteiger partial charge in [-0.3, -0.25) is 0 Å². The minimum atomic E-state index is -2.36. The van der Waals surface area contributed by atoms with Crippen LogP contribution in [0.4, 0.5) is 8.78 Å². The highest BCUT2D eigenvalue weighted by atomic mass is 127. The summed E-state index contributed by atoms with van der Waals surface area (Å²) in [7, 11) is 0. The minimum Gasteiger partial charge on any atom is -0.205 e. The molecule has 0 atom stereocenters. The highest BCUT2D eigenvalue weighted by Gasteiger charge is 2.11. The number of hydrogen-bond donors (Lipinski definition) is 0. The monoisotopic (exact) mass is 268 g/mol. The van der Waals surface area contributed by atoms with Crippen LogP contribution in [0.2, 0.25) is 0 Å². The van der Waals surface area contributed by atoms with Crippen molar-refractivity contribution in [1.82, 2.24) is 0 Å². The molecule has 0 saturated carbocycles. The average Bonchev–Trinajstić information content (AvgIpc) is 1.94. The summed E-state index contributed by atoms with van der Waals surface area (Å²) >= 11 is 1.94. The van der Waals surface area contributed by atoms with Gasteiger partial charge in [0.2, 0.25) is 0 Å². The number of aryl methyl sites for hydroxylation is 1. The SMILES string of the molecule is Cc1cccc(C(F)F)c1I.